The lowest BCUT2D eigenvalue weighted by Gasteiger charge is -2.36. The van der Waals surface area contributed by atoms with Crippen LogP contribution in [-0.2, 0) is 14.3 Å². The van der Waals surface area contributed by atoms with E-state index in [1.165, 1.54) is 4.90 Å². The Labute approximate surface area is 197 Å². The van der Waals surface area contributed by atoms with E-state index in [1.807, 2.05) is 24.3 Å². The van der Waals surface area contributed by atoms with E-state index in [4.69, 9.17) is 31.2 Å². The molecule has 0 atom stereocenters. The molecule has 0 amide bonds. The van der Waals surface area contributed by atoms with Crippen molar-refractivity contribution < 1.29 is 19.4 Å². The lowest BCUT2D eigenvalue weighted by Crippen LogP contribution is -2.49. The van der Waals surface area contributed by atoms with E-state index < -0.39 is 5.97 Å². The van der Waals surface area contributed by atoms with Gasteiger partial charge < -0.3 is 19.5 Å². The van der Waals surface area contributed by atoms with Crippen molar-refractivity contribution in [1.29, 1.82) is 0 Å². The molecule has 0 saturated carbocycles. The SMILES string of the molecule is O=C(O)COCCOCCN1CCN(C2=Nc3ccccc3Sc3ccc(Cl)cc32)CC1. The standard InChI is InChI=1S/C23H26ClN3O4S/c24-17-5-6-20-18(15-17)23(25-19-3-1-2-4-21(19)32-20)27-9-7-26(8-10-27)11-12-30-13-14-31-16-22(28)29/h1-6,15H,7-14,16H2,(H,28,29). The van der Waals surface area contributed by atoms with E-state index in [1.54, 1.807) is 11.8 Å². The average molecular weight is 476 g/mol. The Hall–Kier alpha value is -2.10. The smallest absolute Gasteiger partial charge is 0.329 e. The first-order valence-electron chi connectivity index (χ1n) is 10.6. The monoisotopic (exact) mass is 475 g/mol. The number of carboxylic acid groups (broad SMARTS) is 1. The van der Waals surface area contributed by atoms with Crippen molar-refractivity contribution >= 4 is 40.9 Å². The first-order chi connectivity index (χ1) is 15.6. The predicted molar refractivity (Wildman–Crippen MR) is 126 cm³/mol. The highest BCUT2D eigenvalue weighted by Gasteiger charge is 2.25. The molecule has 170 valence electrons. The van der Waals surface area contributed by atoms with E-state index in [0.717, 1.165) is 54.7 Å². The van der Waals surface area contributed by atoms with Crippen molar-refractivity contribution in [3.05, 3.63) is 53.1 Å². The maximum absolute atomic E-state index is 10.4. The summed E-state index contributed by atoms with van der Waals surface area (Å²) in [6, 6.07) is 14.3. The summed E-state index contributed by atoms with van der Waals surface area (Å²) < 4.78 is 10.5. The number of fused-ring (bicyclic) bond motifs is 2. The zero-order valence-corrected chi connectivity index (χ0v) is 19.3. The number of amidine groups is 1. The van der Waals surface area contributed by atoms with Crippen LogP contribution in [0.25, 0.3) is 0 Å². The lowest BCUT2D eigenvalue weighted by molar-refractivity contribution is -0.142. The lowest BCUT2D eigenvalue weighted by atomic mass is 10.1. The molecule has 0 spiro atoms. The molecule has 1 fully saturated rings. The number of carboxylic acids is 1. The van der Waals surface area contributed by atoms with Crippen molar-refractivity contribution in [2.75, 3.05) is 59.2 Å². The highest BCUT2D eigenvalue weighted by Crippen LogP contribution is 2.41. The van der Waals surface area contributed by atoms with Gasteiger partial charge in [0.2, 0.25) is 0 Å². The number of carbonyl (C=O) groups is 1. The Balaban J connectivity index is 1.34. The third-order valence-corrected chi connectivity index (χ3v) is 6.69. The number of halogens is 1. The number of aliphatic imine (C=N–C) groups is 1. The van der Waals surface area contributed by atoms with Crippen LogP contribution < -0.4 is 0 Å². The maximum atomic E-state index is 10.4. The van der Waals surface area contributed by atoms with E-state index in [2.05, 4.69) is 28.0 Å². The van der Waals surface area contributed by atoms with Crippen molar-refractivity contribution in [2.24, 2.45) is 4.99 Å². The van der Waals surface area contributed by atoms with Crippen LogP contribution in [0.15, 0.2) is 57.2 Å². The van der Waals surface area contributed by atoms with Gasteiger partial charge in [0, 0.05) is 53.1 Å². The van der Waals surface area contributed by atoms with Gasteiger partial charge in [0.1, 0.15) is 12.4 Å². The summed E-state index contributed by atoms with van der Waals surface area (Å²) in [4.78, 5) is 22.5. The van der Waals surface area contributed by atoms with Gasteiger partial charge in [-0.05, 0) is 30.3 Å². The minimum Gasteiger partial charge on any atom is -0.480 e. The van der Waals surface area contributed by atoms with Crippen LogP contribution in [0, 0.1) is 0 Å². The minimum atomic E-state index is -0.965. The first kappa shape index (κ1) is 23.1. The summed E-state index contributed by atoms with van der Waals surface area (Å²) in [6.07, 6.45) is 0. The van der Waals surface area contributed by atoms with Gasteiger partial charge in [0.25, 0.3) is 0 Å². The molecule has 0 radical (unpaired) electrons. The van der Waals surface area contributed by atoms with Gasteiger partial charge in [-0.15, -0.1) is 0 Å². The topological polar surface area (TPSA) is 74.6 Å². The molecule has 2 aromatic carbocycles. The fourth-order valence-corrected chi connectivity index (χ4v) is 4.86. The summed E-state index contributed by atoms with van der Waals surface area (Å²) in [5.41, 5.74) is 2.07. The molecule has 0 bridgehead atoms. The van der Waals surface area contributed by atoms with E-state index >= 15 is 0 Å². The van der Waals surface area contributed by atoms with Crippen LogP contribution in [0.2, 0.25) is 5.02 Å². The second kappa shape index (κ2) is 11.2. The fraction of sp³-hybridized carbons (Fsp3) is 0.391. The van der Waals surface area contributed by atoms with Crippen LogP contribution in [0.3, 0.4) is 0 Å². The number of piperazine rings is 1. The number of para-hydroxylation sites is 1. The van der Waals surface area contributed by atoms with Gasteiger partial charge in [0.15, 0.2) is 0 Å². The molecule has 4 rings (SSSR count). The molecule has 0 unspecified atom stereocenters. The Bertz CT molecular complexity index is 979. The van der Waals surface area contributed by atoms with Crippen LogP contribution in [0.4, 0.5) is 5.69 Å². The number of rotatable bonds is 8. The summed E-state index contributed by atoms with van der Waals surface area (Å²) >= 11 is 8.08. The average Bonchev–Trinajstić information content (AvgIpc) is 2.95. The largest absolute Gasteiger partial charge is 0.480 e. The van der Waals surface area contributed by atoms with E-state index in [-0.39, 0.29) is 6.61 Å². The highest BCUT2D eigenvalue weighted by molar-refractivity contribution is 7.99. The van der Waals surface area contributed by atoms with Crippen molar-refractivity contribution in [2.45, 2.75) is 9.79 Å². The minimum absolute atomic E-state index is 0.285. The number of benzene rings is 2. The van der Waals surface area contributed by atoms with Crippen LogP contribution in [0.1, 0.15) is 5.56 Å². The number of ether oxygens (including phenoxy) is 2. The summed E-state index contributed by atoms with van der Waals surface area (Å²) in [7, 11) is 0. The third kappa shape index (κ3) is 6.02. The van der Waals surface area contributed by atoms with Gasteiger partial charge in [-0.2, -0.15) is 0 Å². The Morgan fingerprint density at radius 2 is 1.81 bits per heavy atom. The van der Waals surface area contributed by atoms with Crippen LogP contribution in [-0.4, -0.2) is 85.9 Å². The Morgan fingerprint density at radius 3 is 2.62 bits per heavy atom. The van der Waals surface area contributed by atoms with E-state index in [0.29, 0.717) is 24.8 Å². The molecule has 2 aliphatic heterocycles. The fourth-order valence-electron chi connectivity index (χ4n) is 3.69. The van der Waals surface area contributed by atoms with Gasteiger partial charge in [-0.1, -0.05) is 35.5 Å². The first-order valence-corrected chi connectivity index (χ1v) is 11.8. The molecule has 1 N–H and O–H groups in total. The molecular formula is C23H26ClN3O4S. The number of aliphatic carboxylic acids is 1. The predicted octanol–water partition coefficient (Wildman–Crippen LogP) is 3.62. The zero-order chi connectivity index (χ0) is 22.3. The van der Waals surface area contributed by atoms with Crippen molar-refractivity contribution in [1.82, 2.24) is 9.80 Å². The molecule has 7 nitrogen and oxygen atoms in total. The summed E-state index contributed by atoms with van der Waals surface area (Å²) in [6.45, 7) is 5.43. The molecule has 0 aliphatic carbocycles. The number of hydrogen-bond donors (Lipinski definition) is 1. The molecular weight excluding hydrogens is 450 g/mol. The molecule has 2 heterocycles. The molecule has 1 saturated heterocycles. The van der Waals surface area contributed by atoms with Gasteiger partial charge in [0.05, 0.1) is 25.5 Å². The normalized spacial score (nSPS) is 16.2. The zero-order valence-electron chi connectivity index (χ0n) is 17.7. The van der Waals surface area contributed by atoms with Crippen molar-refractivity contribution in [3.63, 3.8) is 0 Å². The summed E-state index contributed by atoms with van der Waals surface area (Å²) in [5, 5.41) is 9.26. The van der Waals surface area contributed by atoms with Gasteiger partial charge >= 0.3 is 5.97 Å². The highest BCUT2D eigenvalue weighted by atomic mass is 35.5. The van der Waals surface area contributed by atoms with Crippen LogP contribution >= 0.6 is 23.4 Å². The third-order valence-electron chi connectivity index (χ3n) is 5.32. The molecule has 9 heteroatoms. The number of hydrogen-bond acceptors (Lipinski definition) is 7. The summed E-state index contributed by atoms with van der Waals surface area (Å²) in [5.74, 6) is 0.0135. The quantitative estimate of drug-likeness (QED) is 0.584. The molecule has 0 aromatic heterocycles. The Morgan fingerprint density at radius 1 is 1.03 bits per heavy atom. The molecule has 2 aromatic rings. The Kier molecular flexibility index (Phi) is 8.05. The second-order valence-corrected chi connectivity index (χ2v) is 9.05. The van der Waals surface area contributed by atoms with Crippen LogP contribution in [0.5, 0.6) is 0 Å². The van der Waals surface area contributed by atoms with Gasteiger partial charge in [-0.3, -0.25) is 4.90 Å². The molecule has 2 aliphatic rings. The van der Waals surface area contributed by atoms with Gasteiger partial charge in [-0.25, -0.2) is 9.79 Å². The number of nitrogens with zero attached hydrogens (tertiary/aromatic N) is 3. The molecule has 32 heavy (non-hydrogen) atoms. The maximum Gasteiger partial charge on any atom is 0.329 e. The van der Waals surface area contributed by atoms with Crippen molar-refractivity contribution in [3.8, 4) is 0 Å². The van der Waals surface area contributed by atoms with E-state index in [9.17, 15) is 4.79 Å². The second-order valence-electron chi connectivity index (χ2n) is 7.53.